The molecule has 0 spiro atoms. The van der Waals surface area contributed by atoms with Crippen molar-refractivity contribution in [2.24, 2.45) is 0 Å². The highest BCUT2D eigenvalue weighted by Crippen LogP contribution is 2.28. The second kappa shape index (κ2) is 6.01. The quantitative estimate of drug-likeness (QED) is 0.928. The summed E-state index contributed by atoms with van der Waals surface area (Å²) in [4.78, 5) is 0. The third-order valence-corrected chi connectivity index (χ3v) is 2.86. The highest BCUT2D eigenvalue weighted by molar-refractivity contribution is 5.61. The van der Waals surface area contributed by atoms with Gasteiger partial charge in [-0.1, -0.05) is 0 Å². The van der Waals surface area contributed by atoms with Gasteiger partial charge in [0.2, 0.25) is 0 Å². The van der Waals surface area contributed by atoms with E-state index >= 15 is 0 Å². The Morgan fingerprint density at radius 2 is 2.20 bits per heavy atom. The lowest BCUT2D eigenvalue weighted by molar-refractivity contribution is -0.274. The van der Waals surface area contributed by atoms with Crippen molar-refractivity contribution < 1.29 is 22.6 Å². The Hall–Kier alpha value is -1.94. The number of benzene rings is 1. The molecular weight excluding hydrogens is 273 g/mol. The van der Waals surface area contributed by atoms with E-state index in [9.17, 15) is 13.2 Å². The Morgan fingerprint density at radius 3 is 2.80 bits per heavy atom. The normalized spacial score (nSPS) is 19.2. The molecule has 1 atom stereocenters. The first-order valence-corrected chi connectivity index (χ1v) is 6.12. The van der Waals surface area contributed by atoms with Gasteiger partial charge >= 0.3 is 6.36 Å². The topological polar surface area (TPSA) is 54.3 Å². The average Bonchev–Trinajstić information content (AvgIpc) is 2.38. The number of halogens is 3. The summed E-state index contributed by atoms with van der Waals surface area (Å²) in [6.07, 6.45) is -3.03. The van der Waals surface area contributed by atoms with Crippen LogP contribution >= 0.6 is 0 Å². The molecule has 20 heavy (non-hydrogen) atoms. The minimum absolute atomic E-state index is 0.0167. The maximum Gasteiger partial charge on any atom is 0.573 e. The number of nitrogens with zero attached hydrogens (tertiary/aromatic N) is 1. The molecule has 1 aliphatic heterocycles. The maximum absolute atomic E-state index is 12.2. The molecule has 1 aromatic rings. The molecule has 1 fully saturated rings. The maximum atomic E-state index is 12.2. The molecule has 0 aromatic heterocycles. The van der Waals surface area contributed by atoms with Crippen molar-refractivity contribution in [2.75, 3.05) is 18.5 Å². The highest BCUT2D eigenvalue weighted by atomic mass is 19.4. The highest BCUT2D eigenvalue weighted by Gasteiger charge is 2.31. The van der Waals surface area contributed by atoms with E-state index in [4.69, 9.17) is 10.00 Å². The second-order valence-electron chi connectivity index (χ2n) is 4.43. The van der Waals surface area contributed by atoms with Crippen LogP contribution in [0.3, 0.4) is 0 Å². The van der Waals surface area contributed by atoms with Crippen molar-refractivity contribution in [3.05, 3.63) is 23.8 Å². The number of ether oxygens (including phenoxy) is 2. The predicted molar refractivity (Wildman–Crippen MR) is 65.3 cm³/mol. The van der Waals surface area contributed by atoms with Crippen LogP contribution in [0.2, 0.25) is 0 Å². The molecule has 1 unspecified atom stereocenters. The number of alkyl halides is 3. The summed E-state index contributed by atoms with van der Waals surface area (Å²) in [5, 5.41) is 12.0. The summed E-state index contributed by atoms with van der Waals surface area (Å²) in [6, 6.07) is 5.52. The van der Waals surface area contributed by atoms with Gasteiger partial charge in [-0.2, -0.15) is 5.26 Å². The molecule has 0 amide bonds. The van der Waals surface area contributed by atoms with Gasteiger partial charge in [0.25, 0.3) is 0 Å². The zero-order valence-electron chi connectivity index (χ0n) is 10.5. The molecule has 0 saturated carbocycles. The van der Waals surface area contributed by atoms with Crippen molar-refractivity contribution in [3.63, 3.8) is 0 Å². The largest absolute Gasteiger partial charge is 0.573 e. The standard InChI is InChI=1S/C13H13F3N2O2/c14-13(15,16)20-11-4-3-9(7-17)12(6-11)18-10-2-1-5-19-8-10/h3-4,6,10,18H,1-2,5,8H2. The van der Waals surface area contributed by atoms with E-state index < -0.39 is 6.36 Å². The van der Waals surface area contributed by atoms with Crippen LogP contribution in [-0.2, 0) is 4.74 Å². The van der Waals surface area contributed by atoms with E-state index in [-0.39, 0.29) is 17.4 Å². The fourth-order valence-electron chi connectivity index (χ4n) is 2.01. The summed E-state index contributed by atoms with van der Waals surface area (Å²) >= 11 is 0. The molecule has 1 heterocycles. The molecule has 2 rings (SSSR count). The van der Waals surface area contributed by atoms with Crippen molar-refractivity contribution in [3.8, 4) is 11.8 Å². The van der Waals surface area contributed by atoms with E-state index in [1.54, 1.807) is 0 Å². The third kappa shape index (κ3) is 4.03. The van der Waals surface area contributed by atoms with Gasteiger partial charge in [-0.05, 0) is 25.0 Å². The predicted octanol–water partition coefficient (Wildman–Crippen LogP) is 3.05. The molecular formula is C13H13F3N2O2. The first-order valence-electron chi connectivity index (χ1n) is 6.12. The summed E-state index contributed by atoms with van der Waals surface area (Å²) < 4.78 is 45.7. The Balaban J connectivity index is 2.16. The van der Waals surface area contributed by atoms with Gasteiger partial charge < -0.3 is 14.8 Å². The summed E-state index contributed by atoms with van der Waals surface area (Å²) in [5.41, 5.74) is 0.592. The smallest absolute Gasteiger partial charge is 0.406 e. The van der Waals surface area contributed by atoms with Crippen LogP contribution in [0, 0.1) is 11.3 Å². The zero-order valence-corrected chi connectivity index (χ0v) is 10.5. The van der Waals surface area contributed by atoms with Crippen molar-refractivity contribution >= 4 is 5.69 Å². The van der Waals surface area contributed by atoms with Crippen molar-refractivity contribution in [2.45, 2.75) is 25.2 Å². The summed E-state index contributed by atoms with van der Waals surface area (Å²) in [7, 11) is 0. The van der Waals surface area contributed by atoms with E-state index in [2.05, 4.69) is 10.1 Å². The van der Waals surface area contributed by atoms with E-state index in [0.29, 0.717) is 18.9 Å². The lowest BCUT2D eigenvalue weighted by Gasteiger charge is -2.24. The Morgan fingerprint density at radius 1 is 1.40 bits per heavy atom. The van der Waals surface area contributed by atoms with Gasteiger partial charge in [0.15, 0.2) is 0 Å². The van der Waals surface area contributed by atoms with Gasteiger partial charge in [-0.25, -0.2) is 0 Å². The van der Waals surface area contributed by atoms with Crippen LogP contribution in [-0.4, -0.2) is 25.6 Å². The number of rotatable bonds is 3. The molecule has 1 aromatic carbocycles. The molecule has 1 aliphatic rings. The van der Waals surface area contributed by atoms with E-state index in [1.165, 1.54) is 12.1 Å². The number of anilines is 1. The minimum atomic E-state index is -4.75. The fourth-order valence-corrected chi connectivity index (χ4v) is 2.01. The van der Waals surface area contributed by atoms with Crippen LogP contribution in [0.4, 0.5) is 18.9 Å². The summed E-state index contributed by atoms with van der Waals surface area (Å²) in [6.45, 7) is 1.15. The minimum Gasteiger partial charge on any atom is -0.406 e. The Bertz CT molecular complexity index is 505. The SMILES string of the molecule is N#Cc1ccc(OC(F)(F)F)cc1NC1CCCOC1. The van der Waals surface area contributed by atoms with Crippen LogP contribution in [0.25, 0.3) is 0 Å². The van der Waals surface area contributed by atoms with Gasteiger partial charge in [0.1, 0.15) is 11.8 Å². The van der Waals surface area contributed by atoms with Crippen LogP contribution in [0.5, 0.6) is 5.75 Å². The van der Waals surface area contributed by atoms with Crippen molar-refractivity contribution in [1.82, 2.24) is 0 Å². The first kappa shape index (κ1) is 14.5. The van der Waals surface area contributed by atoms with Gasteiger partial charge in [-0.3, -0.25) is 0 Å². The molecule has 4 nitrogen and oxygen atoms in total. The lowest BCUT2D eigenvalue weighted by Crippen LogP contribution is -2.30. The van der Waals surface area contributed by atoms with Crippen LogP contribution < -0.4 is 10.1 Å². The molecule has 7 heteroatoms. The number of nitrogens with one attached hydrogen (secondary N) is 1. The van der Waals surface area contributed by atoms with Crippen LogP contribution in [0.15, 0.2) is 18.2 Å². The number of hydrogen-bond acceptors (Lipinski definition) is 4. The van der Waals surface area contributed by atoms with E-state index in [1.807, 2.05) is 6.07 Å². The monoisotopic (exact) mass is 286 g/mol. The third-order valence-electron chi connectivity index (χ3n) is 2.86. The zero-order chi connectivity index (χ0) is 14.6. The fraction of sp³-hybridized carbons (Fsp3) is 0.462. The van der Waals surface area contributed by atoms with Gasteiger partial charge in [0.05, 0.1) is 17.9 Å². The Labute approximate surface area is 114 Å². The molecule has 0 radical (unpaired) electrons. The molecule has 0 bridgehead atoms. The number of nitriles is 1. The molecule has 108 valence electrons. The lowest BCUT2D eigenvalue weighted by atomic mass is 10.1. The van der Waals surface area contributed by atoms with Crippen molar-refractivity contribution in [1.29, 1.82) is 5.26 Å². The molecule has 1 N–H and O–H groups in total. The van der Waals surface area contributed by atoms with Gasteiger partial charge in [0, 0.05) is 18.7 Å². The Kier molecular flexibility index (Phi) is 4.35. The van der Waals surface area contributed by atoms with Crippen LogP contribution in [0.1, 0.15) is 18.4 Å². The molecule has 0 aliphatic carbocycles. The molecule has 1 saturated heterocycles. The second-order valence-corrected chi connectivity index (χ2v) is 4.43. The van der Waals surface area contributed by atoms with E-state index in [0.717, 1.165) is 18.9 Å². The first-order chi connectivity index (χ1) is 9.48. The van der Waals surface area contributed by atoms with Gasteiger partial charge in [-0.15, -0.1) is 13.2 Å². The number of hydrogen-bond donors (Lipinski definition) is 1. The average molecular weight is 286 g/mol. The summed E-state index contributed by atoms with van der Waals surface area (Å²) in [5.74, 6) is -0.351.